The van der Waals surface area contributed by atoms with Crippen molar-refractivity contribution in [2.75, 3.05) is 0 Å². The Hall–Kier alpha value is -0.960. The minimum absolute atomic E-state index is 0.0614. The smallest absolute Gasteiger partial charge is 0.263 e. The van der Waals surface area contributed by atoms with Gasteiger partial charge in [-0.25, -0.2) is 8.78 Å². The van der Waals surface area contributed by atoms with E-state index in [1.54, 1.807) is 6.07 Å². The summed E-state index contributed by atoms with van der Waals surface area (Å²) >= 11 is 0. The summed E-state index contributed by atoms with van der Waals surface area (Å²) in [6.07, 6.45) is -0.151. The zero-order valence-corrected chi connectivity index (χ0v) is 7.79. The Morgan fingerprint density at radius 2 is 1.86 bits per heavy atom. The summed E-state index contributed by atoms with van der Waals surface area (Å²) in [7, 11) is 0. The van der Waals surface area contributed by atoms with Gasteiger partial charge in [0.25, 0.3) is 6.43 Å². The minimum Gasteiger partial charge on any atom is -0.324 e. The molecule has 1 aromatic rings. The van der Waals surface area contributed by atoms with Gasteiger partial charge in [0.2, 0.25) is 0 Å². The molecule has 0 spiro atoms. The molecule has 0 amide bonds. The first-order valence-electron chi connectivity index (χ1n) is 4.82. The van der Waals surface area contributed by atoms with Crippen molar-refractivity contribution < 1.29 is 8.78 Å². The quantitative estimate of drug-likeness (QED) is 0.791. The fourth-order valence-electron chi connectivity index (χ4n) is 1.63. The van der Waals surface area contributed by atoms with Crippen LogP contribution in [0.15, 0.2) is 24.3 Å². The molecule has 76 valence electrons. The van der Waals surface area contributed by atoms with Gasteiger partial charge in [-0.3, -0.25) is 0 Å². The van der Waals surface area contributed by atoms with Crippen LogP contribution in [0.4, 0.5) is 8.78 Å². The van der Waals surface area contributed by atoms with E-state index >= 15 is 0 Å². The molecule has 2 N–H and O–H groups in total. The van der Waals surface area contributed by atoms with Gasteiger partial charge in [0.05, 0.1) is 0 Å². The van der Waals surface area contributed by atoms with E-state index < -0.39 is 6.43 Å². The lowest BCUT2D eigenvalue weighted by atomic mass is 10.0. The maximum atomic E-state index is 12.4. The van der Waals surface area contributed by atoms with Crippen molar-refractivity contribution in [2.24, 2.45) is 11.7 Å². The largest absolute Gasteiger partial charge is 0.324 e. The Kier molecular flexibility index (Phi) is 2.50. The van der Waals surface area contributed by atoms with E-state index in [9.17, 15) is 8.78 Å². The maximum Gasteiger partial charge on any atom is 0.263 e. The number of hydrogen-bond acceptors (Lipinski definition) is 1. The lowest BCUT2D eigenvalue weighted by Crippen LogP contribution is -2.12. The molecule has 2 rings (SSSR count). The monoisotopic (exact) mass is 197 g/mol. The first kappa shape index (κ1) is 9.59. The maximum absolute atomic E-state index is 12.4. The van der Waals surface area contributed by atoms with E-state index in [-0.39, 0.29) is 11.6 Å². The second-order valence-corrected chi connectivity index (χ2v) is 3.83. The highest BCUT2D eigenvalue weighted by Crippen LogP contribution is 2.39. The third-order valence-electron chi connectivity index (χ3n) is 2.68. The van der Waals surface area contributed by atoms with E-state index in [1.165, 1.54) is 12.1 Å². The van der Waals surface area contributed by atoms with Crippen LogP contribution in [0.25, 0.3) is 0 Å². The third kappa shape index (κ3) is 1.93. The van der Waals surface area contributed by atoms with Crippen LogP contribution in [0.1, 0.15) is 36.4 Å². The summed E-state index contributed by atoms with van der Waals surface area (Å²) in [6, 6.07) is 6.38. The van der Waals surface area contributed by atoms with Crippen LogP contribution in [0, 0.1) is 5.92 Å². The Morgan fingerprint density at radius 1 is 1.21 bits per heavy atom. The van der Waals surface area contributed by atoms with Gasteiger partial charge >= 0.3 is 0 Å². The summed E-state index contributed by atoms with van der Waals surface area (Å²) in [5.41, 5.74) is 6.83. The number of hydrogen-bond donors (Lipinski definition) is 1. The van der Waals surface area contributed by atoms with Crippen LogP contribution in [-0.4, -0.2) is 0 Å². The third-order valence-corrected chi connectivity index (χ3v) is 2.68. The second kappa shape index (κ2) is 3.65. The van der Waals surface area contributed by atoms with Gasteiger partial charge < -0.3 is 5.73 Å². The van der Waals surface area contributed by atoms with Gasteiger partial charge in [0.1, 0.15) is 0 Å². The van der Waals surface area contributed by atoms with Crippen LogP contribution in [0.2, 0.25) is 0 Å². The molecule has 1 saturated carbocycles. The normalized spacial score (nSPS) is 18.6. The second-order valence-electron chi connectivity index (χ2n) is 3.83. The molecule has 0 saturated heterocycles. The average molecular weight is 197 g/mol. The molecule has 0 radical (unpaired) electrons. The van der Waals surface area contributed by atoms with Crippen LogP contribution < -0.4 is 5.73 Å². The first-order chi connectivity index (χ1) is 6.68. The van der Waals surface area contributed by atoms with Crippen LogP contribution in [-0.2, 0) is 0 Å². The number of halogens is 2. The van der Waals surface area contributed by atoms with Gasteiger partial charge in [-0.1, -0.05) is 18.2 Å². The van der Waals surface area contributed by atoms with Crippen LogP contribution in [0.3, 0.4) is 0 Å². The number of rotatable bonds is 3. The number of alkyl halides is 2. The SMILES string of the molecule is N[C@@H](c1cccc(C(F)F)c1)C1CC1. The molecule has 0 bridgehead atoms. The van der Waals surface area contributed by atoms with Crippen molar-refractivity contribution >= 4 is 0 Å². The van der Waals surface area contributed by atoms with E-state index in [1.807, 2.05) is 6.07 Å². The Bertz CT molecular complexity index is 321. The standard InChI is InChI=1S/C11H13F2N/c12-11(13)9-3-1-2-8(6-9)10(14)7-4-5-7/h1-3,6-7,10-11H,4-5,14H2/t10-/m1/s1. The zero-order valence-electron chi connectivity index (χ0n) is 7.79. The summed E-state index contributed by atoms with van der Waals surface area (Å²) in [4.78, 5) is 0. The fourth-order valence-corrected chi connectivity index (χ4v) is 1.63. The van der Waals surface area contributed by atoms with Gasteiger partial charge in [-0.15, -0.1) is 0 Å². The summed E-state index contributed by atoms with van der Waals surface area (Å²) < 4.78 is 24.8. The highest BCUT2D eigenvalue weighted by molar-refractivity contribution is 5.27. The van der Waals surface area contributed by atoms with Crippen molar-refractivity contribution in [1.29, 1.82) is 0 Å². The predicted molar refractivity (Wildman–Crippen MR) is 51.1 cm³/mol. The van der Waals surface area contributed by atoms with Crippen molar-refractivity contribution in [1.82, 2.24) is 0 Å². The van der Waals surface area contributed by atoms with Gasteiger partial charge in [0.15, 0.2) is 0 Å². The van der Waals surface area contributed by atoms with Crippen LogP contribution >= 0.6 is 0 Å². The molecule has 14 heavy (non-hydrogen) atoms. The summed E-state index contributed by atoms with van der Waals surface area (Å²) in [5.74, 6) is 0.503. The molecule has 0 unspecified atom stereocenters. The topological polar surface area (TPSA) is 26.0 Å². The molecular formula is C11H13F2N. The molecular weight excluding hydrogens is 184 g/mol. The first-order valence-corrected chi connectivity index (χ1v) is 4.82. The van der Waals surface area contributed by atoms with E-state index in [2.05, 4.69) is 0 Å². The Labute approximate surface area is 81.9 Å². The highest BCUT2D eigenvalue weighted by atomic mass is 19.3. The zero-order chi connectivity index (χ0) is 10.1. The van der Waals surface area contributed by atoms with Gasteiger partial charge in [-0.05, 0) is 30.4 Å². The molecule has 1 fully saturated rings. The molecule has 0 aromatic heterocycles. The molecule has 3 heteroatoms. The van der Waals surface area contributed by atoms with Gasteiger partial charge in [-0.2, -0.15) is 0 Å². The Morgan fingerprint density at radius 3 is 2.43 bits per heavy atom. The molecule has 1 atom stereocenters. The summed E-state index contributed by atoms with van der Waals surface area (Å²) in [6.45, 7) is 0. The molecule has 1 aliphatic carbocycles. The minimum atomic E-state index is -2.40. The van der Waals surface area contributed by atoms with Crippen molar-refractivity contribution in [2.45, 2.75) is 25.3 Å². The lowest BCUT2D eigenvalue weighted by Gasteiger charge is -2.11. The molecule has 0 aliphatic heterocycles. The van der Waals surface area contributed by atoms with Gasteiger partial charge in [0, 0.05) is 11.6 Å². The summed E-state index contributed by atoms with van der Waals surface area (Å²) in [5, 5.41) is 0. The number of benzene rings is 1. The molecule has 1 aromatic carbocycles. The highest BCUT2D eigenvalue weighted by Gasteiger charge is 2.29. The average Bonchev–Trinajstić information content (AvgIpc) is 3.00. The predicted octanol–water partition coefficient (Wildman–Crippen LogP) is 3.03. The number of nitrogens with two attached hydrogens (primary N) is 1. The lowest BCUT2D eigenvalue weighted by molar-refractivity contribution is 0.151. The van der Waals surface area contributed by atoms with Crippen molar-refractivity contribution in [3.05, 3.63) is 35.4 Å². The van der Waals surface area contributed by atoms with Crippen LogP contribution in [0.5, 0.6) is 0 Å². The van der Waals surface area contributed by atoms with Crippen molar-refractivity contribution in [3.8, 4) is 0 Å². The van der Waals surface area contributed by atoms with E-state index in [4.69, 9.17) is 5.73 Å². The van der Waals surface area contributed by atoms with E-state index in [0.29, 0.717) is 5.92 Å². The fraction of sp³-hybridized carbons (Fsp3) is 0.455. The molecule has 1 aliphatic rings. The molecule has 1 nitrogen and oxygen atoms in total. The van der Waals surface area contributed by atoms with E-state index in [0.717, 1.165) is 18.4 Å². The van der Waals surface area contributed by atoms with Crippen molar-refractivity contribution in [3.63, 3.8) is 0 Å². The molecule has 0 heterocycles. The Balaban J connectivity index is 2.20.